The summed E-state index contributed by atoms with van der Waals surface area (Å²) in [5.41, 5.74) is 0.352. The molecule has 0 unspecified atom stereocenters. The minimum atomic E-state index is -1.15. The van der Waals surface area contributed by atoms with E-state index in [0.29, 0.717) is 14.4 Å². The zero-order valence-electron chi connectivity index (χ0n) is 9.11. The molecule has 0 aliphatic heterocycles. The Hall–Kier alpha value is -1.47. The van der Waals surface area contributed by atoms with Gasteiger partial charge in [-0.1, -0.05) is 0 Å². The Kier molecular flexibility index (Phi) is 3.63. The van der Waals surface area contributed by atoms with Crippen LogP contribution in [-0.2, 0) is 0 Å². The highest BCUT2D eigenvalue weighted by atomic mass is 79.9. The van der Waals surface area contributed by atoms with E-state index in [4.69, 9.17) is 9.84 Å². The minimum Gasteiger partial charge on any atom is -0.494 e. The lowest BCUT2D eigenvalue weighted by Crippen LogP contribution is -1.98. The fraction of sp³-hybridized carbons (Fsp3) is 0.0909. The highest BCUT2D eigenvalue weighted by Crippen LogP contribution is 2.34. The summed E-state index contributed by atoms with van der Waals surface area (Å²) in [6, 6.07) is 4.27. The molecule has 1 aromatic heterocycles. The van der Waals surface area contributed by atoms with Crippen molar-refractivity contribution in [1.82, 2.24) is 4.98 Å². The molecule has 94 valence electrons. The van der Waals surface area contributed by atoms with Crippen molar-refractivity contribution in [3.05, 3.63) is 33.6 Å². The molecule has 0 saturated heterocycles. The van der Waals surface area contributed by atoms with Crippen LogP contribution in [-0.4, -0.2) is 23.2 Å². The van der Waals surface area contributed by atoms with Crippen molar-refractivity contribution in [3.8, 4) is 16.2 Å². The van der Waals surface area contributed by atoms with Gasteiger partial charge < -0.3 is 9.84 Å². The van der Waals surface area contributed by atoms with Crippen molar-refractivity contribution in [2.45, 2.75) is 0 Å². The lowest BCUT2D eigenvalue weighted by molar-refractivity contribution is 0.0692. The summed E-state index contributed by atoms with van der Waals surface area (Å²) in [6.45, 7) is 0. The van der Waals surface area contributed by atoms with E-state index in [2.05, 4.69) is 20.9 Å². The number of halogens is 2. The molecule has 18 heavy (non-hydrogen) atoms. The molecular formula is C11H7BrFNO3S. The lowest BCUT2D eigenvalue weighted by atomic mass is 10.1. The van der Waals surface area contributed by atoms with Gasteiger partial charge in [0.2, 0.25) is 0 Å². The van der Waals surface area contributed by atoms with Gasteiger partial charge >= 0.3 is 5.97 Å². The van der Waals surface area contributed by atoms with Crippen molar-refractivity contribution in [2.24, 2.45) is 0 Å². The van der Waals surface area contributed by atoms with Crippen LogP contribution in [0.1, 0.15) is 10.5 Å². The number of carboxylic acid groups (broad SMARTS) is 1. The maximum absolute atomic E-state index is 13.6. The predicted octanol–water partition coefficient (Wildman–Crippen LogP) is 3.42. The number of carboxylic acids is 1. The number of aromatic nitrogens is 1. The van der Waals surface area contributed by atoms with Crippen LogP contribution < -0.4 is 4.74 Å². The first-order chi connectivity index (χ1) is 8.52. The van der Waals surface area contributed by atoms with Crippen LogP contribution in [0.5, 0.6) is 5.75 Å². The van der Waals surface area contributed by atoms with E-state index in [1.165, 1.54) is 19.2 Å². The van der Waals surface area contributed by atoms with E-state index in [-0.39, 0.29) is 11.4 Å². The molecule has 4 nitrogen and oxygen atoms in total. The second-order valence-electron chi connectivity index (χ2n) is 3.30. The summed E-state index contributed by atoms with van der Waals surface area (Å²) in [5.74, 6) is -1.58. The molecule has 1 heterocycles. The number of benzene rings is 1. The van der Waals surface area contributed by atoms with Crippen molar-refractivity contribution < 1.29 is 19.0 Å². The highest BCUT2D eigenvalue weighted by Gasteiger charge is 2.19. The monoisotopic (exact) mass is 331 g/mol. The standard InChI is InChI=1S/C11H7BrFNO3S/c1-17-7-3-2-5(4-6(7)13)9-8(10(15)16)14-11(12)18-9/h2-4H,1H3,(H,15,16). The van der Waals surface area contributed by atoms with Gasteiger partial charge in [0.15, 0.2) is 21.2 Å². The molecular weight excluding hydrogens is 325 g/mol. The number of thiazole rings is 1. The second kappa shape index (κ2) is 5.03. The van der Waals surface area contributed by atoms with Crippen molar-refractivity contribution in [3.63, 3.8) is 0 Å². The maximum Gasteiger partial charge on any atom is 0.356 e. The van der Waals surface area contributed by atoms with Crippen LogP contribution in [0.25, 0.3) is 10.4 Å². The van der Waals surface area contributed by atoms with Crippen molar-refractivity contribution >= 4 is 33.2 Å². The average Bonchev–Trinajstić information content (AvgIpc) is 2.71. The average molecular weight is 332 g/mol. The van der Waals surface area contributed by atoms with Gasteiger partial charge in [-0.2, -0.15) is 0 Å². The molecule has 2 aromatic rings. The Morgan fingerprint density at radius 1 is 1.56 bits per heavy atom. The number of rotatable bonds is 3. The van der Waals surface area contributed by atoms with E-state index < -0.39 is 11.8 Å². The van der Waals surface area contributed by atoms with Gasteiger partial charge in [-0.3, -0.25) is 0 Å². The first-order valence-electron chi connectivity index (χ1n) is 4.76. The number of aromatic carboxylic acids is 1. The van der Waals surface area contributed by atoms with E-state index in [0.717, 1.165) is 11.3 Å². The van der Waals surface area contributed by atoms with Crippen molar-refractivity contribution in [1.29, 1.82) is 0 Å². The van der Waals surface area contributed by atoms with Crippen LogP contribution >= 0.6 is 27.3 Å². The number of nitrogens with zero attached hydrogens (tertiary/aromatic N) is 1. The summed E-state index contributed by atoms with van der Waals surface area (Å²) in [6.07, 6.45) is 0. The lowest BCUT2D eigenvalue weighted by Gasteiger charge is -2.04. The Morgan fingerprint density at radius 3 is 2.83 bits per heavy atom. The normalized spacial score (nSPS) is 10.4. The maximum atomic E-state index is 13.6. The largest absolute Gasteiger partial charge is 0.494 e. The molecule has 1 N–H and O–H groups in total. The van der Waals surface area contributed by atoms with Gasteiger partial charge in [0.25, 0.3) is 0 Å². The molecule has 0 spiro atoms. The van der Waals surface area contributed by atoms with E-state index >= 15 is 0 Å². The minimum absolute atomic E-state index is 0.101. The summed E-state index contributed by atoms with van der Waals surface area (Å²) in [4.78, 5) is 15.3. The van der Waals surface area contributed by atoms with Crippen LogP contribution in [0, 0.1) is 5.82 Å². The number of ether oxygens (including phenoxy) is 1. The van der Waals surface area contributed by atoms with Gasteiger partial charge in [-0.05, 0) is 39.7 Å². The molecule has 2 rings (SSSR count). The molecule has 0 aliphatic carbocycles. The number of hydrogen-bond donors (Lipinski definition) is 1. The highest BCUT2D eigenvalue weighted by molar-refractivity contribution is 9.11. The molecule has 0 aliphatic rings. The van der Waals surface area contributed by atoms with Crippen LogP contribution in [0.15, 0.2) is 22.1 Å². The number of hydrogen-bond acceptors (Lipinski definition) is 4. The summed E-state index contributed by atoms with van der Waals surface area (Å²) >= 11 is 4.26. The Bertz CT molecular complexity index is 614. The Balaban J connectivity index is 2.55. The summed E-state index contributed by atoms with van der Waals surface area (Å²) < 4.78 is 18.8. The van der Waals surface area contributed by atoms with Gasteiger partial charge in [0, 0.05) is 0 Å². The van der Waals surface area contributed by atoms with E-state index in [1.807, 2.05) is 0 Å². The first-order valence-corrected chi connectivity index (χ1v) is 6.37. The zero-order chi connectivity index (χ0) is 13.3. The third kappa shape index (κ3) is 2.37. The molecule has 0 bridgehead atoms. The van der Waals surface area contributed by atoms with Crippen molar-refractivity contribution in [2.75, 3.05) is 7.11 Å². The molecule has 7 heteroatoms. The zero-order valence-corrected chi connectivity index (χ0v) is 11.5. The Labute approximate surface area is 114 Å². The van der Waals surface area contributed by atoms with E-state index in [1.54, 1.807) is 6.07 Å². The molecule has 0 fully saturated rings. The first kappa shape index (κ1) is 13.0. The predicted molar refractivity (Wildman–Crippen MR) is 68.7 cm³/mol. The molecule has 0 atom stereocenters. The van der Waals surface area contributed by atoms with Gasteiger partial charge in [0.1, 0.15) is 0 Å². The fourth-order valence-corrected chi connectivity index (χ4v) is 2.89. The van der Waals surface area contributed by atoms with Crippen LogP contribution in [0.3, 0.4) is 0 Å². The quantitative estimate of drug-likeness (QED) is 0.936. The summed E-state index contributed by atoms with van der Waals surface area (Å²) in [7, 11) is 1.37. The van der Waals surface area contributed by atoms with Gasteiger partial charge in [0.05, 0.1) is 12.0 Å². The molecule has 0 saturated carbocycles. The molecule has 0 radical (unpaired) electrons. The number of carbonyl (C=O) groups is 1. The van der Waals surface area contributed by atoms with E-state index in [9.17, 15) is 9.18 Å². The summed E-state index contributed by atoms with van der Waals surface area (Å²) in [5, 5.41) is 9.02. The van der Waals surface area contributed by atoms with Crippen LogP contribution in [0.2, 0.25) is 0 Å². The third-order valence-corrected chi connectivity index (χ3v) is 3.77. The molecule has 1 aromatic carbocycles. The SMILES string of the molecule is COc1ccc(-c2sc(Br)nc2C(=O)O)cc1F. The second-order valence-corrected chi connectivity index (χ2v) is 5.57. The topological polar surface area (TPSA) is 59.4 Å². The fourth-order valence-electron chi connectivity index (χ4n) is 1.44. The van der Waals surface area contributed by atoms with Gasteiger partial charge in [-0.25, -0.2) is 14.2 Å². The number of methoxy groups -OCH3 is 1. The van der Waals surface area contributed by atoms with Crippen LogP contribution in [0.4, 0.5) is 4.39 Å². The smallest absolute Gasteiger partial charge is 0.356 e. The van der Waals surface area contributed by atoms with Gasteiger partial charge in [-0.15, -0.1) is 11.3 Å². The Morgan fingerprint density at radius 2 is 2.28 bits per heavy atom. The molecule has 0 amide bonds. The third-order valence-electron chi connectivity index (χ3n) is 2.22.